The molecule has 0 aliphatic heterocycles. The number of aromatic nitrogens is 3. The first-order valence-electron chi connectivity index (χ1n) is 17.3. The molecular weight excluding hydrogens is 619 g/mol. The van der Waals surface area contributed by atoms with E-state index in [-0.39, 0.29) is 0 Å². The van der Waals surface area contributed by atoms with Crippen LogP contribution in [0.3, 0.4) is 0 Å². The minimum atomic E-state index is 0.702. The number of hydrogen-bond acceptors (Lipinski definition) is 2. The normalized spacial score (nSPS) is 11.5. The molecule has 2 heterocycles. The van der Waals surface area contributed by atoms with Crippen LogP contribution in [-0.2, 0) is 0 Å². The molecule has 3 heteroatoms. The molecule has 0 aliphatic rings. The molecule has 0 fully saturated rings. The van der Waals surface area contributed by atoms with E-state index < -0.39 is 0 Å². The summed E-state index contributed by atoms with van der Waals surface area (Å²) in [5, 5.41) is 7.32. The van der Waals surface area contributed by atoms with Crippen LogP contribution in [0.2, 0.25) is 0 Å². The second-order valence-electron chi connectivity index (χ2n) is 13.1. The molecule has 10 rings (SSSR count). The number of rotatable bonds is 5. The monoisotopic (exact) mass is 649 g/mol. The minimum Gasteiger partial charge on any atom is -0.294 e. The lowest BCUT2D eigenvalue weighted by atomic mass is 9.95. The topological polar surface area (TPSA) is 30.7 Å². The maximum absolute atomic E-state index is 5.22. The molecule has 0 amide bonds. The first-order chi connectivity index (χ1) is 25.3. The summed E-state index contributed by atoms with van der Waals surface area (Å²) in [5.41, 5.74) is 10.0. The van der Waals surface area contributed by atoms with Gasteiger partial charge in [-0.1, -0.05) is 152 Å². The summed E-state index contributed by atoms with van der Waals surface area (Å²) in [5.74, 6) is 1.54. The SMILES string of the molecule is c1ccc(-c2ccc3cc(-c4ccc5ccc6c(c5c4)c4ccccc4n6-c4cc(-c5ccccc5)nc(-c5ccccc5)n4)ccc3c2)cc1. The molecule has 51 heavy (non-hydrogen) atoms. The second-order valence-corrected chi connectivity index (χ2v) is 13.1. The van der Waals surface area contributed by atoms with Gasteiger partial charge in [-0.2, -0.15) is 0 Å². The van der Waals surface area contributed by atoms with Crippen LogP contribution in [0.1, 0.15) is 0 Å². The average molecular weight is 650 g/mol. The number of fused-ring (bicyclic) bond motifs is 6. The maximum atomic E-state index is 5.22. The van der Waals surface area contributed by atoms with Crippen LogP contribution < -0.4 is 0 Å². The van der Waals surface area contributed by atoms with Crippen LogP contribution in [0.5, 0.6) is 0 Å². The Morgan fingerprint density at radius 1 is 0.333 bits per heavy atom. The highest BCUT2D eigenvalue weighted by Gasteiger charge is 2.18. The van der Waals surface area contributed by atoms with Crippen molar-refractivity contribution in [2.45, 2.75) is 0 Å². The van der Waals surface area contributed by atoms with Crippen molar-refractivity contribution in [1.82, 2.24) is 14.5 Å². The summed E-state index contributed by atoms with van der Waals surface area (Å²) in [7, 11) is 0. The molecule has 0 atom stereocenters. The van der Waals surface area contributed by atoms with Gasteiger partial charge in [-0.05, 0) is 74.1 Å². The third-order valence-corrected chi connectivity index (χ3v) is 9.98. The average Bonchev–Trinajstić information content (AvgIpc) is 3.56. The van der Waals surface area contributed by atoms with E-state index in [1.165, 1.54) is 54.6 Å². The summed E-state index contributed by atoms with van der Waals surface area (Å²) in [6.45, 7) is 0. The van der Waals surface area contributed by atoms with Gasteiger partial charge < -0.3 is 0 Å². The number of nitrogens with zero attached hydrogens (tertiary/aromatic N) is 3. The van der Waals surface area contributed by atoms with Crippen molar-refractivity contribution in [3.63, 3.8) is 0 Å². The Morgan fingerprint density at radius 2 is 0.882 bits per heavy atom. The highest BCUT2D eigenvalue weighted by atomic mass is 15.1. The van der Waals surface area contributed by atoms with Crippen LogP contribution in [-0.4, -0.2) is 14.5 Å². The number of benzene rings is 8. The first-order valence-corrected chi connectivity index (χ1v) is 17.3. The number of para-hydroxylation sites is 1. The van der Waals surface area contributed by atoms with Crippen molar-refractivity contribution < 1.29 is 0 Å². The van der Waals surface area contributed by atoms with Crippen LogP contribution in [0.15, 0.2) is 188 Å². The molecule has 0 N–H and O–H groups in total. The zero-order valence-corrected chi connectivity index (χ0v) is 27.7. The fourth-order valence-corrected chi connectivity index (χ4v) is 7.47. The van der Waals surface area contributed by atoms with Crippen molar-refractivity contribution in [1.29, 1.82) is 0 Å². The molecule has 0 saturated heterocycles. The van der Waals surface area contributed by atoms with E-state index in [4.69, 9.17) is 9.97 Å². The summed E-state index contributed by atoms with van der Waals surface area (Å²) in [6.07, 6.45) is 0. The van der Waals surface area contributed by atoms with Gasteiger partial charge in [-0.3, -0.25) is 4.57 Å². The maximum Gasteiger partial charge on any atom is 0.162 e. The molecule has 10 aromatic rings. The zero-order chi connectivity index (χ0) is 33.7. The van der Waals surface area contributed by atoms with E-state index in [1.807, 2.05) is 24.3 Å². The predicted molar refractivity (Wildman–Crippen MR) is 213 cm³/mol. The van der Waals surface area contributed by atoms with Crippen LogP contribution in [0.4, 0.5) is 0 Å². The van der Waals surface area contributed by atoms with Crippen LogP contribution >= 0.6 is 0 Å². The van der Waals surface area contributed by atoms with Gasteiger partial charge in [-0.15, -0.1) is 0 Å². The highest BCUT2D eigenvalue weighted by Crippen LogP contribution is 2.39. The van der Waals surface area contributed by atoms with E-state index in [2.05, 4.69) is 168 Å². The summed E-state index contributed by atoms with van der Waals surface area (Å²) < 4.78 is 2.30. The molecule has 8 aromatic carbocycles. The highest BCUT2D eigenvalue weighted by molar-refractivity contribution is 6.21. The number of hydrogen-bond donors (Lipinski definition) is 0. The van der Waals surface area contributed by atoms with E-state index in [0.29, 0.717) is 5.82 Å². The molecule has 0 unspecified atom stereocenters. The fraction of sp³-hybridized carbons (Fsp3) is 0. The van der Waals surface area contributed by atoms with Crippen molar-refractivity contribution in [3.8, 4) is 50.7 Å². The van der Waals surface area contributed by atoms with E-state index >= 15 is 0 Å². The Labute approximate surface area is 295 Å². The van der Waals surface area contributed by atoms with Crippen molar-refractivity contribution in [2.24, 2.45) is 0 Å². The van der Waals surface area contributed by atoms with Gasteiger partial charge in [0.25, 0.3) is 0 Å². The van der Waals surface area contributed by atoms with Crippen molar-refractivity contribution in [2.75, 3.05) is 0 Å². The lowest BCUT2D eigenvalue weighted by Crippen LogP contribution is -2.02. The van der Waals surface area contributed by atoms with Gasteiger partial charge in [0, 0.05) is 28.0 Å². The van der Waals surface area contributed by atoms with Gasteiger partial charge >= 0.3 is 0 Å². The molecular formula is C48H31N3. The quantitative estimate of drug-likeness (QED) is 0.186. The third kappa shape index (κ3) is 5.06. The Kier molecular flexibility index (Phi) is 6.81. The Balaban J connectivity index is 1.16. The van der Waals surface area contributed by atoms with E-state index in [9.17, 15) is 0 Å². The molecule has 3 nitrogen and oxygen atoms in total. The Hall–Kier alpha value is -6.84. The molecule has 238 valence electrons. The molecule has 2 aromatic heterocycles. The molecule has 0 aliphatic carbocycles. The van der Waals surface area contributed by atoms with Gasteiger partial charge in [0.1, 0.15) is 5.82 Å². The Bertz CT molecular complexity index is 2830. The fourth-order valence-electron chi connectivity index (χ4n) is 7.47. The minimum absolute atomic E-state index is 0.702. The molecule has 0 bridgehead atoms. The van der Waals surface area contributed by atoms with Crippen molar-refractivity contribution >= 4 is 43.4 Å². The zero-order valence-electron chi connectivity index (χ0n) is 27.7. The predicted octanol–water partition coefficient (Wildman–Crippen LogP) is 12.5. The summed E-state index contributed by atoms with van der Waals surface area (Å²) in [4.78, 5) is 10.3. The van der Waals surface area contributed by atoms with E-state index in [0.717, 1.165) is 33.7 Å². The Morgan fingerprint density at radius 3 is 1.59 bits per heavy atom. The molecule has 0 radical (unpaired) electrons. The van der Waals surface area contributed by atoms with Crippen LogP contribution in [0, 0.1) is 0 Å². The standard InChI is InChI=1S/C48H31N3/c1-4-12-32(13-5-1)36-22-23-38-29-39(25-24-37(38)28-36)40-21-20-33-26-27-45-47(42(33)30-40)41-18-10-11-19-44(41)51(45)46-31-43(34-14-6-2-7-15-34)49-48(50-46)35-16-8-3-9-17-35/h1-31H. The lowest BCUT2D eigenvalue weighted by Gasteiger charge is -2.12. The smallest absolute Gasteiger partial charge is 0.162 e. The largest absolute Gasteiger partial charge is 0.294 e. The lowest BCUT2D eigenvalue weighted by molar-refractivity contribution is 1.05. The summed E-state index contributed by atoms with van der Waals surface area (Å²) in [6, 6.07) is 66.9. The van der Waals surface area contributed by atoms with Gasteiger partial charge in [-0.25, -0.2) is 9.97 Å². The van der Waals surface area contributed by atoms with Gasteiger partial charge in [0.15, 0.2) is 5.82 Å². The third-order valence-electron chi connectivity index (χ3n) is 9.98. The summed E-state index contributed by atoms with van der Waals surface area (Å²) >= 11 is 0. The van der Waals surface area contributed by atoms with Crippen LogP contribution in [0.25, 0.3) is 94.1 Å². The van der Waals surface area contributed by atoms with Gasteiger partial charge in [0.2, 0.25) is 0 Å². The first kappa shape index (κ1) is 29.1. The van der Waals surface area contributed by atoms with E-state index in [1.54, 1.807) is 0 Å². The van der Waals surface area contributed by atoms with Crippen molar-refractivity contribution in [3.05, 3.63) is 188 Å². The second kappa shape index (κ2) is 11.9. The molecule has 0 saturated carbocycles. The molecule has 0 spiro atoms. The van der Waals surface area contributed by atoms with Gasteiger partial charge in [0.05, 0.1) is 16.7 Å².